The molecule has 0 radical (unpaired) electrons. The van der Waals surface area contributed by atoms with Crippen LogP contribution >= 0.6 is 0 Å². The van der Waals surface area contributed by atoms with E-state index in [0.29, 0.717) is 4.48 Å². The smallest absolute Gasteiger partial charge is 0.227 e. The van der Waals surface area contributed by atoms with E-state index in [2.05, 4.69) is 157 Å². The number of allylic oxidation sites excluding steroid dienone is 1. The molecule has 6 aromatic rings. The monoisotopic (exact) mass is 560 g/mol. The Hall–Kier alpha value is -5.13. The highest BCUT2D eigenvalue weighted by atomic mass is 15.3. The summed E-state index contributed by atoms with van der Waals surface area (Å²) in [7, 11) is 6.40. The van der Waals surface area contributed by atoms with Crippen molar-refractivity contribution in [1.29, 1.82) is 0 Å². The normalized spacial score (nSPS) is 13.4. The molecule has 3 aromatic carbocycles. The van der Waals surface area contributed by atoms with Crippen LogP contribution in [-0.2, 0) is 5.54 Å². The highest BCUT2D eigenvalue weighted by Gasteiger charge is 2.40. The summed E-state index contributed by atoms with van der Waals surface area (Å²) in [6.45, 7) is 0. The van der Waals surface area contributed by atoms with Crippen molar-refractivity contribution < 1.29 is 0 Å². The summed E-state index contributed by atoms with van der Waals surface area (Å²) < 4.78 is 3.07. The zero-order chi connectivity index (χ0) is 29.4. The van der Waals surface area contributed by atoms with E-state index in [-0.39, 0.29) is 0 Å². The lowest BCUT2D eigenvalue weighted by molar-refractivity contribution is 0.473. The van der Waals surface area contributed by atoms with E-state index in [9.17, 15) is 0 Å². The van der Waals surface area contributed by atoms with Gasteiger partial charge in [-0.25, -0.2) is 9.98 Å². The summed E-state index contributed by atoms with van der Waals surface area (Å²) in [6.07, 6.45) is 11.0. The Morgan fingerprint density at radius 3 is 1.88 bits per heavy atom. The van der Waals surface area contributed by atoms with Gasteiger partial charge in [0.15, 0.2) is 0 Å². The highest BCUT2D eigenvalue weighted by molar-refractivity contribution is 5.83. The third-order valence-electron chi connectivity index (χ3n) is 8.28. The number of hydrogen-bond acceptors (Lipinski definition) is 3. The number of quaternary nitrogens is 1. The Kier molecular flexibility index (Phi) is 6.60. The minimum absolute atomic E-state index is 0.629. The molecule has 0 amide bonds. The largest absolute Gasteiger partial charge is 0.307 e. The zero-order valence-corrected chi connectivity index (χ0v) is 24.7. The zero-order valence-electron chi connectivity index (χ0n) is 24.7. The van der Waals surface area contributed by atoms with Crippen molar-refractivity contribution >= 4 is 28.5 Å². The third-order valence-corrected chi connectivity index (χ3v) is 8.28. The van der Waals surface area contributed by atoms with Crippen molar-refractivity contribution in [1.82, 2.24) is 19.0 Å². The second-order valence-corrected chi connectivity index (χ2v) is 11.8. The standard InChI is InChI=1S/C38H34N5/c1-43(2,3)36-26-28(22-25-40-36)34-21-13-20-32-33-27-39-24-23-35(33)42(37(32)41-34)38(29-14-7-4-8-15-29,30-16-9-5-10-17-30)31-18-11-6-12-19-31/h4-12,14-27H,13H2,1-3H3/q+1. The molecule has 0 fully saturated rings. The molecule has 4 heterocycles. The molecule has 210 valence electrons. The summed E-state index contributed by atoms with van der Waals surface area (Å²) in [5.41, 5.74) is 6.74. The van der Waals surface area contributed by atoms with Crippen LogP contribution in [0.15, 0.2) is 139 Å². The van der Waals surface area contributed by atoms with Crippen LogP contribution in [0.4, 0.5) is 5.82 Å². The molecule has 5 nitrogen and oxygen atoms in total. The summed E-state index contributed by atoms with van der Waals surface area (Å²) in [4.78, 5) is 14.8. The van der Waals surface area contributed by atoms with Crippen LogP contribution in [0.1, 0.15) is 28.7 Å². The number of aromatic nitrogens is 3. The summed E-state index contributed by atoms with van der Waals surface area (Å²) in [6, 6.07) is 38.7. The Labute approximate surface area is 252 Å². The fourth-order valence-electron chi connectivity index (χ4n) is 6.30. The minimum Gasteiger partial charge on any atom is -0.307 e. The molecule has 5 heteroatoms. The van der Waals surface area contributed by atoms with Crippen LogP contribution in [-0.4, -0.2) is 35.7 Å². The third kappa shape index (κ3) is 4.49. The van der Waals surface area contributed by atoms with Gasteiger partial charge in [-0.3, -0.25) is 9.47 Å². The maximum Gasteiger partial charge on any atom is 0.227 e. The first-order valence-electron chi connectivity index (χ1n) is 14.7. The maximum atomic E-state index is 5.54. The first kappa shape index (κ1) is 26.7. The van der Waals surface area contributed by atoms with Crippen LogP contribution in [0, 0.1) is 0 Å². The number of rotatable bonds is 6. The second-order valence-electron chi connectivity index (χ2n) is 11.8. The van der Waals surface area contributed by atoms with Gasteiger partial charge in [-0.15, -0.1) is 0 Å². The molecule has 1 aliphatic rings. The van der Waals surface area contributed by atoms with Crippen LogP contribution in [0.3, 0.4) is 0 Å². The molecular formula is C38H34N5+. The molecule has 0 unspecified atom stereocenters. The molecule has 0 spiro atoms. The molecule has 0 N–H and O–H groups in total. The van der Waals surface area contributed by atoms with Crippen molar-refractivity contribution in [3.05, 3.63) is 167 Å². The number of pyridine rings is 2. The molecule has 0 aliphatic carbocycles. The Morgan fingerprint density at radius 1 is 0.698 bits per heavy atom. The fourth-order valence-corrected chi connectivity index (χ4v) is 6.30. The topological polar surface area (TPSA) is 43.1 Å². The van der Waals surface area contributed by atoms with Crippen LogP contribution in [0.2, 0.25) is 0 Å². The first-order valence-corrected chi connectivity index (χ1v) is 14.7. The van der Waals surface area contributed by atoms with Gasteiger partial charge in [-0.2, -0.15) is 0 Å². The summed E-state index contributed by atoms with van der Waals surface area (Å²) in [5, 5.41) is 2.19. The molecular weight excluding hydrogens is 526 g/mol. The lowest BCUT2D eigenvalue weighted by atomic mass is 9.76. The Morgan fingerprint density at radius 2 is 1.30 bits per heavy atom. The fraction of sp³-hybridized carbons (Fsp3) is 0.132. The SMILES string of the molecule is C[N+](C)(C)c1cc(C2=CCC=c3c(n(C(c4ccccc4)(c4ccccc4)c4ccccc4)c4ccncc34)=N2)ccn1. The van der Waals surface area contributed by atoms with Gasteiger partial charge in [0.05, 0.1) is 32.4 Å². The van der Waals surface area contributed by atoms with Crippen molar-refractivity contribution in [3.63, 3.8) is 0 Å². The van der Waals surface area contributed by atoms with Gasteiger partial charge in [0, 0.05) is 40.8 Å². The van der Waals surface area contributed by atoms with Crippen molar-refractivity contribution in [3.8, 4) is 0 Å². The van der Waals surface area contributed by atoms with E-state index in [1.807, 2.05) is 18.6 Å². The van der Waals surface area contributed by atoms with Gasteiger partial charge in [-0.1, -0.05) is 103 Å². The van der Waals surface area contributed by atoms with Crippen molar-refractivity contribution in [2.75, 3.05) is 21.1 Å². The maximum absolute atomic E-state index is 5.54. The van der Waals surface area contributed by atoms with Gasteiger partial charge in [0.2, 0.25) is 5.82 Å². The van der Waals surface area contributed by atoms with Crippen LogP contribution in [0.5, 0.6) is 0 Å². The molecule has 0 bridgehead atoms. The average Bonchev–Trinajstić information content (AvgIpc) is 3.19. The Balaban J connectivity index is 1.65. The van der Waals surface area contributed by atoms with E-state index in [1.54, 1.807) is 0 Å². The molecule has 3 aromatic heterocycles. The molecule has 0 atom stereocenters. The van der Waals surface area contributed by atoms with E-state index in [0.717, 1.165) is 61.8 Å². The lowest BCUT2D eigenvalue weighted by Gasteiger charge is -2.38. The van der Waals surface area contributed by atoms with E-state index in [1.165, 1.54) is 0 Å². The van der Waals surface area contributed by atoms with Gasteiger partial charge < -0.3 is 4.57 Å². The first-order chi connectivity index (χ1) is 21.0. The highest BCUT2D eigenvalue weighted by Crippen LogP contribution is 2.41. The molecule has 43 heavy (non-hydrogen) atoms. The predicted octanol–water partition coefficient (Wildman–Crippen LogP) is 6.31. The van der Waals surface area contributed by atoms with Crippen molar-refractivity contribution in [2.24, 2.45) is 4.99 Å². The van der Waals surface area contributed by atoms with E-state index in [4.69, 9.17) is 4.99 Å². The van der Waals surface area contributed by atoms with Gasteiger partial charge in [0.1, 0.15) is 11.0 Å². The molecule has 7 rings (SSSR count). The van der Waals surface area contributed by atoms with Gasteiger partial charge >= 0.3 is 0 Å². The second kappa shape index (κ2) is 10.6. The van der Waals surface area contributed by atoms with Crippen LogP contribution in [0.25, 0.3) is 22.7 Å². The number of nitrogens with zero attached hydrogens (tertiary/aromatic N) is 5. The summed E-state index contributed by atoms with van der Waals surface area (Å²) in [5.74, 6) is 0.985. The van der Waals surface area contributed by atoms with Gasteiger partial charge in [-0.05, 0) is 35.2 Å². The van der Waals surface area contributed by atoms with E-state index >= 15 is 0 Å². The molecule has 0 saturated heterocycles. The lowest BCUT2D eigenvalue weighted by Crippen LogP contribution is -2.46. The number of benzene rings is 3. The van der Waals surface area contributed by atoms with Crippen molar-refractivity contribution in [2.45, 2.75) is 12.0 Å². The quantitative estimate of drug-likeness (QED) is 0.177. The van der Waals surface area contributed by atoms with Crippen LogP contribution < -0.4 is 15.2 Å². The number of fused-ring (bicyclic) bond motifs is 3. The van der Waals surface area contributed by atoms with E-state index < -0.39 is 5.54 Å². The minimum atomic E-state index is -0.713. The average molecular weight is 561 g/mol. The molecule has 0 saturated carbocycles. The number of hydrogen-bond donors (Lipinski definition) is 0. The van der Waals surface area contributed by atoms with Gasteiger partial charge in [0.25, 0.3) is 0 Å². The predicted molar refractivity (Wildman–Crippen MR) is 176 cm³/mol. The summed E-state index contributed by atoms with van der Waals surface area (Å²) >= 11 is 0. The Bertz CT molecular complexity index is 1970. The molecule has 1 aliphatic heterocycles.